The highest BCUT2D eigenvalue weighted by molar-refractivity contribution is 7.09. The van der Waals surface area contributed by atoms with E-state index in [0.717, 1.165) is 18.1 Å². The van der Waals surface area contributed by atoms with Crippen LogP contribution in [0, 0.1) is 0 Å². The molecule has 0 spiro atoms. The highest BCUT2D eigenvalue weighted by Crippen LogP contribution is 2.08. The van der Waals surface area contributed by atoms with Gasteiger partial charge in [-0.25, -0.2) is 4.98 Å². The van der Waals surface area contributed by atoms with Crippen molar-refractivity contribution in [3.05, 3.63) is 34.5 Å². The van der Waals surface area contributed by atoms with E-state index in [9.17, 15) is 0 Å². The van der Waals surface area contributed by atoms with Gasteiger partial charge >= 0.3 is 0 Å². The van der Waals surface area contributed by atoms with Crippen LogP contribution in [-0.2, 0) is 13.1 Å². The van der Waals surface area contributed by atoms with Gasteiger partial charge in [-0.15, -0.1) is 11.3 Å². The summed E-state index contributed by atoms with van der Waals surface area (Å²) in [6.07, 6.45) is 5.80. The van der Waals surface area contributed by atoms with Crippen LogP contribution in [0.3, 0.4) is 0 Å². The molecule has 0 radical (unpaired) electrons. The Labute approximate surface area is 106 Å². The molecule has 2 aromatic rings. The van der Waals surface area contributed by atoms with Crippen LogP contribution in [0.1, 0.15) is 31.3 Å². The fourth-order valence-electron chi connectivity index (χ4n) is 1.42. The van der Waals surface area contributed by atoms with Crippen molar-refractivity contribution in [3.8, 4) is 0 Å². The first-order valence-electron chi connectivity index (χ1n) is 5.68. The van der Waals surface area contributed by atoms with Crippen molar-refractivity contribution in [3.63, 3.8) is 0 Å². The zero-order chi connectivity index (χ0) is 12.3. The summed E-state index contributed by atoms with van der Waals surface area (Å²) in [6, 6.07) is 0. The van der Waals surface area contributed by atoms with Crippen molar-refractivity contribution >= 4 is 11.3 Å². The van der Waals surface area contributed by atoms with E-state index < -0.39 is 0 Å². The monoisotopic (exact) mass is 250 g/mol. The Hall–Kier alpha value is -1.20. The summed E-state index contributed by atoms with van der Waals surface area (Å²) in [5.41, 5.74) is 1.34. The fraction of sp³-hybridized carbons (Fsp3) is 0.500. The lowest BCUT2D eigenvalue weighted by Crippen LogP contribution is -2.34. The molecule has 4 nitrogen and oxygen atoms in total. The van der Waals surface area contributed by atoms with Crippen LogP contribution in [0.15, 0.2) is 24.0 Å². The minimum absolute atomic E-state index is 0.136. The largest absolute Gasteiger partial charge is 0.308 e. The topological polar surface area (TPSA) is 42.7 Å². The molecule has 2 heterocycles. The molecule has 0 aromatic carbocycles. The number of hydrogen-bond acceptors (Lipinski definition) is 4. The number of aromatic nitrogens is 3. The molecule has 0 aliphatic carbocycles. The molecule has 2 rings (SSSR count). The van der Waals surface area contributed by atoms with Crippen LogP contribution >= 0.6 is 11.3 Å². The van der Waals surface area contributed by atoms with Gasteiger partial charge in [0.1, 0.15) is 5.01 Å². The van der Waals surface area contributed by atoms with Crippen molar-refractivity contribution in [2.45, 2.75) is 39.4 Å². The van der Waals surface area contributed by atoms with Crippen molar-refractivity contribution in [1.82, 2.24) is 20.1 Å². The lowest BCUT2D eigenvalue weighted by Gasteiger charge is -2.19. The summed E-state index contributed by atoms with van der Waals surface area (Å²) in [6.45, 7) is 8.08. The quantitative estimate of drug-likeness (QED) is 0.905. The highest BCUT2D eigenvalue weighted by atomic mass is 32.1. The Balaban J connectivity index is 1.92. The number of nitrogens with one attached hydrogen (secondary N) is 1. The van der Waals surface area contributed by atoms with E-state index in [1.807, 2.05) is 22.5 Å². The predicted octanol–water partition coefficient (Wildman–Crippen LogP) is 2.28. The lowest BCUT2D eigenvalue weighted by atomic mass is 10.1. The van der Waals surface area contributed by atoms with Crippen molar-refractivity contribution in [2.75, 3.05) is 0 Å². The average Bonchev–Trinajstić information content (AvgIpc) is 2.86. The molecule has 0 atom stereocenters. The van der Waals surface area contributed by atoms with Crippen LogP contribution in [-0.4, -0.2) is 20.3 Å². The maximum Gasteiger partial charge on any atom is 0.114 e. The Kier molecular flexibility index (Phi) is 3.59. The molecule has 0 amide bonds. The van der Waals surface area contributed by atoms with E-state index in [-0.39, 0.29) is 5.54 Å². The molecule has 5 heteroatoms. The molecule has 1 N–H and O–H groups in total. The normalized spacial score (nSPS) is 11.9. The molecule has 0 fully saturated rings. The van der Waals surface area contributed by atoms with E-state index in [1.54, 1.807) is 11.3 Å². The molecule has 2 aromatic heterocycles. The van der Waals surface area contributed by atoms with Gasteiger partial charge in [0, 0.05) is 35.4 Å². The fourth-order valence-corrected chi connectivity index (χ4v) is 2.03. The van der Waals surface area contributed by atoms with Gasteiger partial charge in [-0.05, 0) is 20.8 Å². The van der Waals surface area contributed by atoms with Gasteiger partial charge in [0.25, 0.3) is 0 Å². The SMILES string of the molecule is CC(C)(C)NCc1cnn(Cc2nccs2)c1. The minimum atomic E-state index is 0.136. The zero-order valence-corrected chi connectivity index (χ0v) is 11.3. The van der Waals surface area contributed by atoms with E-state index in [4.69, 9.17) is 0 Å². The third-order valence-corrected chi connectivity index (χ3v) is 3.05. The van der Waals surface area contributed by atoms with Crippen molar-refractivity contribution in [2.24, 2.45) is 0 Å². The van der Waals surface area contributed by atoms with Crippen LogP contribution in [0.4, 0.5) is 0 Å². The van der Waals surface area contributed by atoms with E-state index in [0.29, 0.717) is 0 Å². The maximum atomic E-state index is 4.34. The first kappa shape index (κ1) is 12.3. The van der Waals surface area contributed by atoms with Crippen LogP contribution < -0.4 is 5.32 Å². The second-order valence-electron chi connectivity index (χ2n) is 5.08. The summed E-state index contributed by atoms with van der Waals surface area (Å²) < 4.78 is 1.93. The third-order valence-electron chi connectivity index (χ3n) is 2.29. The van der Waals surface area contributed by atoms with Crippen LogP contribution in [0.2, 0.25) is 0 Å². The van der Waals surface area contributed by atoms with E-state index in [2.05, 4.69) is 42.4 Å². The average molecular weight is 250 g/mol. The van der Waals surface area contributed by atoms with Crippen molar-refractivity contribution in [1.29, 1.82) is 0 Å². The van der Waals surface area contributed by atoms with Gasteiger partial charge in [0.2, 0.25) is 0 Å². The second-order valence-corrected chi connectivity index (χ2v) is 6.05. The van der Waals surface area contributed by atoms with Gasteiger partial charge in [-0.3, -0.25) is 4.68 Å². The number of thiazole rings is 1. The molecule has 0 saturated carbocycles. The molecule has 0 aliphatic heterocycles. The first-order valence-corrected chi connectivity index (χ1v) is 6.56. The summed E-state index contributed by atoms with van der Waals surface area (Å²) in [5, 5.41) is 10.9. The van der Waals surface area contributed by atoms with Crippen molar-refractivity contribution < 1.29 is 0 Å². The first-order chi connectivity index (χ1) is 8.03. The van der Waals surface area contributed by atoms with Gasteiger partial charge in [0.05, 0.1) is 12.7 Å². The molecular formula is C12H18N4S. The van der Waals surface area contributed by atoms with Gasteiger partial charge in [-0.2, -0.15) is 5.10 Å². The predicted molar refractivity (Wildman–Crippen MR) is 70.0 cm³/mol. The molecule has 0 saturated heterocycles. The number of rotatable bonds is 4. The summed E-state index contributed by atoms with van der Waals surface area (Å²) in [7, 11) is 0. The highest BCUT2D eigenvalue weighted by Gasteiger charge is 2.09. The zero-order valence-electron chi connectivity index (χ0n) is 10.5. The Morgan fingerprint density at radius 3 is 2.88 bits per heavy atom. The molecule has 17 heavy (non-hydrogen) atoms. The molecule has 0 unspecified atom stereocenters. The standard InChI is InChI=1S/C12H18N4S/c1-12(2,3)14-6-10-7-15-16(8-10)9-11-13-4-5-17-11/h4-5,7-8,14H,6,9H2,1-3H3. The maximum absolute atomic E-state index is 4.34. The summed E-state index contributed by atoms with van der Waals surface area (Å²) in [5.74, 6) is 0. The van der Waals surface area contributed by atoms with E-state index >= 15 is 0 Å². The summed E-state index contributed by atoms with van der Waals surface area (Å²) >= 11 is 1.66. The van der Waals surface area contributed by atoms with Crippen LogP contribution in [0.5, 0.6) is 0 Å². The van der Waals surface area contributed by atoms with E-state index in [1.165, 1.54) is 5.56 Å². The van der Waals surface area contributed by atoms with Crippen LogP contribution in [0.25, 0.3) is 0 Å². The molecule has 0 aliphatic rings. The van der Waals surface area contributed by atoms with Gasteiger partial charge in [-0.1, -0.05) is 0 Å². The Morgan fingerprint density at radius 1 is 1.41 bits per heavy atom. The summed E-state index contributed by atoms with van der Waals surface area (Å²) in [4.78, 5) is 4.25. The third kappa shape index (κ3) is 3.94. The molecule has 92 valence electrons. The Morgan fingerprint density at radius 2 is 2.24 bits per heavy atom. The molecule has 0 bridgehead atoms. The smallest absolute Gasteiger partial charge is 0.114 e. The minimum Gasteiger partial charge on any atom is -0.308 e. The molecular weight excluding hydrogens is 232 g/mol. The van der Waals surface area contributed by atoms with Gasteiger partial charge < -0.3 is 5.32 Å². The number of hydrogen-bond donors (Lipinski definition) is 1. The second kappa shape index (κ2) is 4.98. The van der Waals surface area contributed by atoms with Gasteiger partial charge in [0.15, 0.2) is 0 Å². The Bertz CT molecular complexity index is 453. The lowest BCUT2D eigenvalue weighted by molar-refractivity contribution is 0.424. The number of nitrogens with zero attached hydrogens (tertiary/aromatic N) is 3.